The number of anilines is 1. The molecule has 3 rings (SSSR count). The van der Waals surface area contributed by atoms with E-state index in [-0.39, 0.29) is 16.7 Å². The van der Waals surface area contributed by atoms with Gasteiger partial charge in [0, 0.05) is 50.7 Å². The molecule has 0 atom stereocenters. The van der Waals surface area contributed by atoms with Crippen LogP contribution in [0.15, 0.2) is 29.2 Å². The first kappa shape index (κ1) is 26.3. The first-order valence-corrected chi connectivity index (χ1v) is 13.8. The monoisotopic (exact) mass is 506 g/mol. The predicted molar refractivity (Wildman–Crippen MR) is 136 cm³/mol. The number of sulfonamides is 1. The number of likely N-dealkylation sites (N-methyl/N-ethyl adjacent to an activating group) is 1. The Morgan fingerprint density at radius 1 is 1.09 bits per heavy atom. The Kier molecular flexibility index (Phi) is 8.51. The van der Waals surface area contributed by atoms with Gasteiger partial charge in [-0.15, -0.1) is 11.3 Å². The van der Waals surface area contributed by atoms with Crippen molar-refractivity contribution in [2.45, 2.75) is 44.6 Å². The molecule has 8 nitrogen and oxygen atoms in total. The summed E-state index contributed by atoms with van der Waals surface area (Å²) in [5.41, 5.74) is 1.90. The molecule has 0 spiro atoms. The topological polar surface area (TPSA) is 90.0 Å². The van der Waals surface area contributed by atoms with Crippen LogP contribution in [0.3, 0.4) is 0 Å². The molecule has 1 aliphatic heterocycles. The second-order valence-electron chi connectivity index (χ2n) is 8.78. The smallest absolute Gasteiger partial charge is 0.256 e. The van der Waals surface area contributed by atoms with E-state index in [9.17, 15) is 18.0 Å². The highest BCUT2D eigenvalue weighted by atomic mass is 32.2. The molecule has 0 unspecified atom stereocenters. The number of rotatable bonds is 9. The van der Waals surface area contributed by atoms with Crippen LogP contribution in [0.1, 0.15) is 57.8 Å². The molecule has 0 saturated carbocycles. The van der Waals surface area contributed by atoms with Gasteiger partial charge in [0.25, 0.3) is 11.8 Å². The van der Waals surface area contributed by atoms with Crippen LogP contribution in [-0.2, 0) is 23.0 Å². The molecule has 10 heteroatoms. The largest absolute Gasteiger partial charge is 0.345 e. The Labute approximate surface area is 206 Å². The Hall–Kier alpha value is -2.27. The zero-order valence-corrected chi connectivity index (χ0v) is 22.2. The van der Waals surface area contributed by atoms with E-state index in [2.05, 4.69) is 10.2 Å². The van der Waals surface area contributed by atoms with Gasteiger partial charge in [0.2, 0.25) is 10.0 Å². The number of fused-ring (bicyclic) bond motifs is 1. The van der Waals surface area contributed by atoms with E-state index in [4.69, 9.17) is 0 Å². The van der Waals surface area contributed by atoms with Crippen LogP contribution in [0.5, 0.6) is 0 Å². The molecule has 0 radical (unpaired) electrons. The average Bonchev–Trinajstić information content (AvgIpc) is 3.14. The van der Waals surface area contributed by atoms with Gasteiger partial charge in [0.1, 0.15) is 5.00 Å². The maximum absolute atomic E-state index is 13.0. The van der Waals surface area contributed by atoms with Crippen molar-refractivity contribution in [3.63, 3.8) is 0 Å². The summed E-state index contributed by atoms with van der Waals surface area (Å²) in [5, 5.41) is 3.45. The number of benzene rings is 1. The molecule has 0 aliphatic carbocycles. The fraction of sp³-hybridized carbons (Fsp3) is 0.500. The number of thiophene rings is 1. The van der Waals surface area contributed by atoms with Gasteiger partial charge in [-0.1, -0.05) is 13.8 Å². The predicted octanol–water partition coefficient (Wildman–Crippen LogP) is 3.50. The normalized spacial score (nSPS) is 14.2. The zero-order valence-electron chi connectivity index (χ0n) is 20.6. The fourth-order valence-electron chi connectivity index (χ4n) is 4.02. The number of carbonyl (C=O) groups is 2. The van der Waals surface area contributed by atoms with Crippen LogP contribution in [0.25, 0.3) is 0 Å². The van der Waals surface area contributed by atoms with Gasteiger partial charge in [-0.25, -0.2) is 8.42 Å². The number of nitrogens with zero attached hydrogens (tertiary/aromatic N) is 3. The quantitative estimate of drug-likeness (QED) is 0.562. The van der Waals surface area contributed by atoms with Crippen molar-refractivity contribution in [1.82, 2.24) is 14.1 Å². The number of hydrogen-bond acceptors (Lipinski definition) is 6. The van der Waals surface area contributed by atoms with Gasteiger partial charge in [0.15, 0.2) is 0 Å². The minimum Gasteiger partial charge on any atom is -0.345 e. The molecular formula is C24H34N4O4S2. The Bertz CT molecular complexity index is 1130. The van der Waals surface area contributed by atoms with E-state index >= 15 is 0 Å². The average molecular weight is 507 g/mol. The summed E-state index contributed by atoms with van der Waals surface area (Å²) in [4.78, 5) is 30.9. The number of amides is 2. The maximum atomic E-state index is 13.0. The molecular weight excluding hydrogens is 472 g/mol. The Morgan fingerprint density at radius 2 is 1.71 bits per heavy atom. The lowest BCUT2D eigenvalue weighted by atomic mass is 10.0. The zero-order chi connectivity index (χ0) is 25.0. The lowest BCUT2D eigenvalue weighted by Crippen LogP contribution is -2.32. The summed E-state index contributed by atoms with van der Waals surface area (Å²) < 4.78 is 27.5. The summed E-state index contributed by atoms with van der Waals surface area (Å²) in [6, 6.07) is 5.99. The molecule has 1 aromatic carbocycles. The van der Waals surface area contributed by atoms with Gasteiger partial charge in [-0.2, -0.15) is 4.31 Å². The van der Waals surface area contributed by atoms with E-state index in [0.717, 1.165) is 42.8 Å². The summed E-state index contributed by atoms with van der Waals surface area (Å²) in [6.07, 6.45) is 2.22. The van der Waals surface area contributed by atoms with Crippen LogP contribution in [0.4, 0.5) is 5.00 Å². The third-order valence-electron chi connectivity index (χ3n) is 5.80. The van der Waals surface area contributed by atoms with E-state index in [0.29, 0.717) is 29.2 Å². The van der Waals surface area contributed by atoms with Crippen LogP contribution < -0.4 is 5.32 Å². The highest BCUT2D eigenvalue weighted by Crippen LogP contribution is 2.37. The van der Waals surface area contributed by atoms with E-state index in [1.165, 1.54) is 44.8 Å². The first-order valence-electron chi connectivity index (χ1n) is 11.6. The van der Waals surface area contributed by atoms with Crippen molar-refractivity contribution in [2.75, 3.05) is 46.1 Å². The second kappa shape index (κ2) is 11.0. The molecule has 186 valence electrons. The highest BCUT2D eigenvalue weighted by molar-refractivity contribution is 7.89. The third kappa shape index (κ3) is 5.51. The third-order valence-corrected chi connectivity index (χ3v) is 8.84. The molecule has 0 bridgehead atoms. The van der Waals surface area contributed by atoms with E-state index < -0.39 is 10.0 Å². The van der Waals surface area contributed by atoms with Crippen molar-refractivity contribution in [3.05, 3.63) is 45.8 Å². The summed E-state index contributed by atoms with van der Waals surface area (Å²) >= 11 is 1.43. The molecule has 0 fully saturated rings. The van der Waals surface area contributed by atoms with Crippen molar-refractivity contribution >= 4 is 38.2 Å². The Morgan fingerprint density at radius 3 is 2.26 bits per heavy atom. The molecule has 2 amide bonds. The van der Waals surface area contributed by atoms with Crippen LogP contribution in [-0.4, -0.2) is 75.1 Å². The highest BCUT2D eigenvalue weighted by Gasteiger charge is 2.29. The molecule has 2 heterocycles. The number of carbonyl (C=O) groups excluding carboxylic acids is 2. The van der Waals surface area contributed by atoms with Crippen molar-refractivity contribution in [3.8, 4) is 0 Å². The Balaban J connectivity index is 1.86. The molecule has 34 heavy (non-hydrogen) atoms. The lowest BCUT2D eigenvalue weighted by Gasteiger charge is -2.23. The standard InChI is InChI=1S/C24H34N4O4S2/c1-6-13-28(14-7-2)34(31,32)18-10-8-17(9-11-18)22(29)25-23-21(24(30)26(3)4)19-12-15-27(5)16-20(19)33-23/h8-11H,6-7,12-16H2,1-5H3,(H,25,29). The van der Waals surface area contributed by atoms with Gasteiger partial charge in [-0.05, 0) is 56.1 Å². The molecule has 1 aromatic heterocycles. The van der Waals surface area contributed by atoms with Gasteiger partial charge >= 0.3 is 0 Å². The molecule has 2 aromatic rings. The van der Waals surface area contributed by atoms with Crippen LogP contribution in [0, 0.1) is 0 Å². The van der Waals surface area contributed by atoms with Gasteiger partial charge < -0.3 is 15.1 Å². The van der Waals surface area contributed by atoms with Crippen molar-refractivity contribution in [2.24, 2.45) is 0 Å². The SMILES string of the molecule is CCCN(CCC)S(=O)(=O)c1ccc(C(=O)Nc2sc3c(c2C(=O)N(C)C)CCN(C)C3)cc1. The van der Waals surface area contributed by atoms with Crippen molar-refractivity contribution < 1.29 is 18.0 Å². The summed E-state index contributed by atoms with van der Waals surface area (Å²) in [6.45, 7) is 6.40. The van der Waals surface area contributed by atoms with E-state index in [1.54, 1.807) is 14.1 Å². The number of hydrogen-bond donors (Lipinski definition) is 1. The van der Waals surface area contributed by atoms with Gasteiger partial charge in [-0.3, -0.25) is 9.59 Å². The van der Waals surface area contributed by atoms with E-state index in [1.807, 2.05) is 20.9 Å². The minimum atomic E-state index is -3.61. The second-order valence-corrected chi connectivity index (χ2v) is 11.8. The van der Waals surface area contributed by atoms with Gasteiger partial charge in [0.05, 0.1) is 10.5 Å². The van der Waals surface area contributed by atoms with Crippen LogP contribution in [0.2, 0.25) is 0 Å². The fourth-order valence-corrected chi connectivity index (χ4v) is 6.96. The summed E-state index contributed by atoms with van der Waals surface area (Å²) in [5.74, 6) is -0.506. The maximum Gasteiger partial charge on any atom is 0.256 e. The number of nitrogens with one attached hydrogen (secondary N) is 1. The summed E-state index contributed by atoms with van der Waals surface area (Å²) in [7, 11) is 1.82. The van der Waals surface area contributed by atoms with Crippen molar-refractivity contribution in [1.29, 1.82) is 0 Å². The lowest BCUT2D eigenvalue weighted by molar-refractivity contribution is 0.0827. The first-order chi connectivity index (χ1) is 16.1. The molecule has 0 saturated heterocycles. The molecule has 1 aliphatic rings. The molecule has 1 N–H and O–H groups in total. The van der Waals surface area contributed by atoms with Crippen LogP contribution >= 0.6 is 11.3 Å². The minimum absolute atomic E-state index is 0.134.